The summed E-state index contributed by atoms with van der Waals surface area (Å²) in [4.78, 5) is 44.6. The minimum atomic E-state index is -1.00. The van der Waals surface area contributed by atoms with Gasteiger partial charge in [0.25, 0.3) is 5.91 Å². The van der Waals surface area contributed by atoms with Gasteiger partial charge in [0.05, 0.1) is 31.0 Å². The number of hydrogen-bond donors (Lipinski definition) is 1. The topological polar surface area (TPSA) is 119 Å². The molecular weight excluding hydrogens is 472 g/mol. The number of carbonyl (C=O) groups is 3. The number of aryl methyl sites for hydroxylation is 2. The van der Waals surface area contributed by atoms with E-state index in [-0.39, 0.29) is 21.3 Å². The Bertz CT molecular complexity index is 1320. The lowest BCUT2D eigenvalue weighted by molar-refractivity contribution is -0.117. The van der Waals surface area contributed by atoms with Crippen LogP contribution in [0.15, 0.2) is 52.1 Å². The first-order valence-corrected chi connectivity index (χ1v) is 11.7. The largest absolute Gasteiger partial charge is 0.503 e. The summed E-state index contributed by atoms with van der Waals surface area (Å²) in [6.07, 6.45) is 0.844. The molecule has 0 saturated carbocycles. The lowest BCUT2D eigenvalue weighted by Gasteiger charge is -2.24. The number of aliphatic hydroxyl groups is 1. The highest BCUT2D eigenvalue weighted by atomic mass is 32.1. The van der Waals surface area contributed by atoms with E-state index in [4.69, 9.17) is 13.9 Å². The molecule has 9 nitrogen and oxygen atoms in total. The molecule has 1 atom stereocenters. The van der Waals surface area contributed by atoms with Crippen LogP contribution in [-0.4, -0.2) is 41.5 Å². The number of rotatable bonds is 8. The molecule has 1 amide bonds. The Kier molecular flexibility index (Phi) is 6.74. The molecule has 0 spiro atoms. The van der Waals surface area contributed by atoms with Crippen molar-refractivity contribution in [3.05, 3.63) is 75.4 Å². The number of Topliss-reactive ketones (excluding diaryl/α,β-unsaturated/α-hetero) is 1. The number of amides is 1. The molecule has 182 valence electrons. The SMILES string of the molecule is CCCOc1ccc([C@H]2C(C(=O)c3ccc(C)o3)=C(O)C(=O)N2c2nc(C)c(C(=O)OC)s2)cc1. The Balaban J connectivity index is 1.82. The highest BCUT2D eigenvalue weighted by Gasteiger charge is 2.46. The van der Waals surface area contributed by atoms with Gasteiger partial charge in [-0.15, -0.1) is 0 Å². The third-order valence-corrected chi connectivity index (χ3v) is 6.58. The van der Waals surface area contributed by atoms with Crippen LogP contribution in [0.1, 0.15) is 56.6 Å². The highest BCUT2D eigenvalue weighted by molar-refractivity contribution is 7.17. The summed E-state index contributed by atoms with van der Waals surface area (Å²) in [6.45, 7) is 5.85. The van der Waals surface area contributed by atoms with Crippen LogP contribution in [0.25, 0.3) is 0 Å². The molecule has 1 aliphatic heterocycles. The first-order chi connectivity index (χ1) is 16.8. The van der Waals surface area contributed by atoms with Gasteiger partial charge in [-0.2, -0.15) is 0 Å². The Hall–Kier alpha value is -3.92. The summed E-state index contributed by atoms with van der Waals surface area (Å²) in [5.74, 6) is -1.58. The van der Waals surface area contributed by atoms with E-state index in [1.807, 2.05) is 6.92 Å². The van der Waals surface area contributed by atoms with Gasteiger partial charge >= 0.3 is 5.97 Å². The zero-order chi connectivity index (χ0) is 25.3. The number of aliphatic hydroxyl groups excluding tert-OH is 1. The van der Waals surface area contributed by atoms with Crippen molar-refractivity contribution in [2.75, 3.05) is 18.6 Å². The molecule has 0 bridgehead atoms. The minimum absolute atomic E-state index is 0.00262. The van der Waals surface area contributed by atoms with E-state index in [1.165, 1.54) is 18.1 Å². The molecule has 35 heavy (non-hydrogen) atoms. The number of anilines is 1. The zero-order valence-corrected chi connectivity index (χ0v) is 20.5. The third kappa shape index (κ3) is 4.44. The lowest BCUT2D eigenvalue weighted by atomic mass is 9.95. The van der Waals surface area contributed by atoms with Crippen molar-refractivity contribution >= 4 is 34.1 Å². The van der Waals surface area contributed by atoms with Gasteiger partial charge in [0.2, 0.25) is 5.78 Å². The molecule has 0 radical (unpaired) electrons. The number of nitrogens with zero attached hydrogens (tertiary/aromatic N) is 2. The Morgan fingerprint density at radius 1 is 1.17 bits per heavy atom. The fourth-order valence-corrected chi connectivity index (χ4v) is 4.78. The molecule has 0 aliphatic carbocycles. The molecule has 1 aromatic carbocycles. The molecule has 1 N–H and O–H groups in total. The Morgan fingerprint density at radius 2 is 1.89 bits per heavy atom. The van der Waals surface area contributed by atoms with Gasteiger partial charge in [0.1, 0.15) is 16.4 Å². The molecule has 4 rings (SSSR count). The van der Waals surface area contributed by atoms with Crippen LogP contribution in [0.3, 0.4) is 0 Å². The molecule has 10 heteroatoms. The maximum absolute atomic E-state index is 13.4. The predicted octanol–water partition coefficient (Wildman–Crippen LogP) is 4.71. The van der Waals surface area contributed by atoms with Crippen LogP contribution in [0.2, 0.25) is 0 Å². The number of carbonyl (C=O) groups excluding carboxylic acids is 3. The second kappa shape index (κ2) is 9.75. The highest BCUT2D eigenvalue weighted by Crippen LogP contribution is 2.44. The third-order valence-electron chi connectivity index (χ3n) is 5.45. The van der Waals surface area contributed by atoms with Crippen molar-refractivity contribution in [1.82, 2.24) is 4.98 Å². The van der Waals surface area contributed by atoms with Gasteiger partial charge in [-0.05, 0) is 50.1 Å². The van der Waals surface area contributed by atoms with Crippen LogP contribution in [0, 0.1) is 13.8 Å². The summed E-state index contributed by atoms with van der Waals surface area (Å²) in [6, 6.07) is 9.02. The average Bonchev–Trinajstić information content (AvgIpc) is 3.53. The molecule has 1 aliphatic rings. The summed E-state index contributed by atoms with van der Waals surface area (Å²) < 4.78 is 15.9. The monoisotopic (exact) mass is 496 g/mol. The number of aromatic nitrogens is 1. The maximum atomic E-state index is 13.4. The van der Waals surface area contributed by atoms with Gasteiger partial charge in [0, 0.05) is 0 Å². The first kappa shape index (κ1) is 24.2. The van der Waals surface area contributed by atoms with E-state index < -0.39 is 29.5 Å². The van der Waals surface area contributed by atoms with Gasteiger partial charge in [-0.25, -0.2) is 9.78 Å². The second-order valence-corrected chi connectivity index (χ2v) is 8.88. The van der Waals surface area contributed by atoms with E-state index in [2.05, 4.69) is 4.98 Å². The van der Waals surface area contributed by atoms with Crippen LogP contribution in [0.5, 0.6) is 5.75 Å². The zero-order valence-electron chi connectivity index (χ0n) is 19.7. The normalized spacial score (nSPS) is 15.6. The van der Waals surface area contributed by atoms with Crippen molar-refractivity contribution < 1.29 is 33.4 Å². The van der Waals surface area contributed by atoms with Gasteiger partial charge in [0.15, 0.2) is 16.7 Å². The number of benzene rings is 1. The standard InChI is InChI=1S/C25H24N2O7S/c1-5-12-33-16-9-7-15(8-10-16)19-18(20(28)17-11-6-13(2)34-17)21(29)23(30)27(19)25-26-14(3)22(35-25)24(31)32-4/h6-11,19,29H,5,12H2,1-4H3/t19-/m0/s1. The predicted molar refractivity (Wildman–Crippen MR) is 128 cm³/mol. The van der Waals surface area contributed by atoms with Crippen molar-refractivity contribution in [3.8, 4) is 5.75 Å². The first-order valence-electron chi connectivity index (χ1n) is 10.9. The van der Waals surface area contributed by atoms with Crippen molar-refractivity contribution in [2.45, 2.75) is 33.2 Å². The number of methoxy groups -OCH3 is 1. The van der Waals surface area contributed by atoms with E-state index in [1.54, 1.807) is 44.2 Å². The maximum Gasteiger partial charge on any atom is 0.350 e. The molecule has 3 aromatic rings. The molecule has 0 fully saturated rings. The number of ether oxygens (including phenoxy) is 2. The molecular formula is C25H24N2O7S. The Morgan fingerprint density at radius 3 is 2.49 bits per heavy atom. The van der Waals surface area contributed by atoms with E-state index in [0.717, 1.165) is 17.8 Å². The van der Waals surface area contributed by atoms with Crippen molar-refractivity contribution in [3.63, 3.8) is 0 Å². The van der Waals surface area contributed by atoms with Gasteiger partial charge < -0.3 is 19.0 Å². The summed E-state index contributed by atoms with van der Waals surface area (Å²) in [5, 5.41) is 11.0. The number of esters is 1. The van der Waals surface area contributed by atoms with Crippen molar-refractivity contribution in [1.29, 1.82) is 0 Å². The average molecular weight is 497 g/mol. The van der Waals surface area contributed by atoms with E-state index in [0.29, 0.717) is 29.4 Å². The van der Waals surface area contributed by atoms with Crippen LogP contribution >= 0.6 is 11.3 Å². The quantitative estimate of drug-likeness (QED) is 0.352. The lowest BCUT2D eigenvalue weighted by Crippen LogP contribution is -2.31. The molecule has 3 heterocycles. The van der Waals surface area contributed by atoms with Crippen LogP contribution < -0.4 is 9.64 Å². The minimum Gasteiger partial charge on any atom is -0.503 e. The fraction of sp³-hybridized carbons (Fsp3) is 0.280. The molecule has 2 aromatic heterocycles. The number of furan rings is 1. The van der Waals surface area contributed by atoms with Crippen LogP contribution in [-0.2, 0) is 9.53 Å². The smallest absolute Gasteiger partial charge is 0.350 e. The summed E-state index contributed by atoms with van der Waals surface area (Å²) >= 11 is 0.944. The van der Waals surface area contributed by atoms with Crippen LogP contribution in [0.4, 0.5) is 5.13 Å². The van der Waals surface area contributed by atoms with Gasteiger partial charge in [-0.1, -0.05) is 30.4 Å². The number of ketones is 1. The fourth-order valence-electron chi connectivity index (χ4n) is 3.77. The van der Waals surface area contributed by atoms with Gasteiger partial charge in [-0.3, -0.25) is 14.5 Å². The van der Waals surface area contributed by atoms with E-state index >= 15 is 0 Å². The second-order valence-electron chi connectivity index (χ2n) is 7.90. The number of hydrogen-bond acceptors (Lipinski definition) is 9. The molecule has 0 unspecified atom stereocenters. The Labute approximate surface area is 205 Å². The molecule has 0 saturated heterocycles. The van der Waals surface area contributed by atoms with Crippen molar-refractivity contribution in [2.24, 2.45) is 0 Å². The summed E-state index contributed by atoms with van der Waals surface area (Å²) in [7, 11) is 1.25. The summed E-state index contributed by atoms with van der Waals surface area (Å²) in [5.41, 5.74) is 0.775. The number of thiazole rings is 1. The van der Waals surface area contributed by atoms with E-state index in [9.17, 15) is 19.5 Å².